The van der Waals surface area contributed by atoms with Crippen molar-refractivity contribution in [3.05, 3.63) is 20.8 Å². The molecule has 0 saturated carbocycles. The maximum absolute atomic E-state index is 5.73. The largest absolute Gasteiger partial charge is 0.377 e. The quantitative estimate of drug-likeness (QED) is 0.898. The summed E-state index contributed by atoms with van der Waals surface area (Å²) in [7, 11) is 0. The summed E-state index contributed by atoms with van der Waals surface area (Å²) >= 11 is 5.27. The van der Waals surface area contributed by atoms with E-state index in [1.165, 1.54) is 22.2 Å². The molecule has 1 aromatic heterocycles. The van der Waals surface area contributed by atoms with Crippen LogP contribution in [0.2, 0.25) is 0 Å². The van der Waals surface area contributed by atoms with E-state index in [4.69, 9.17) is 4.74 Å². The molecule has 2 nitrogen and oxygen atoms in total. The van der Waals surface area contributed by atoms with Crippen LogP contribution in [-0.2, 0) is 11.3 Å². The third-order valence-electron chi connectivity index (χ3n) is 3.01. The Morgan fingerprint density at radius 1 is 1.69 bits per heavy atom. The normalized spacial score (nSPS) is 22.5. The molecule has 1 N–H and O–H groups in total. The van der Waals surface area contributed by atoms with Crippen molar-refractivity contribution in [2.45, 2.75) is 44.9 Å². The van der Waals surface area contributed by atoms with Gasteiger partial charge in [0.25, 0.3) is 0 Å². The number of nitrogens with one attached hydrogen (secondary N) is 1. The molecule has 2 atom stereocenters. The smallest absolute Gasteiger partial charge is 0.0728 e. The summed E-state index contributed by atoms with van der Waals surface area (Å²) in [6, 6.07) is 2.68. The standard InChI is InChI=1S/C12H18BrNOS/c1-2-11(12-4-3-5-15-12)14-7-10-6-9(13)8-16-10/h6,8,11-12,14H,2-5,7H2,1H3. The molecule has 0 aliphatic carbocycles. The second kappa shape index (κ2) is 6.15. The minimum atomic E-state index is 0.424. The van der Waals surface area contributed by atoms with Crippen LogP contribution in [0.4, 0.5) is 0 Å². The van der Waals surface area contributed by atoms with Gasteiger partial charge in [-0.3, -0.25) is 0 Å². The van der Waals surface area contributed by atoms with Gasteiger partial charge in [-0.1, -0.05) is 6.92 Å². The highest BCUT2D eigenvalue weighted by Gasteiger charge is 2.23. The lowest BCUT2D eigenvalue weighted by atomic mass is 10.1. The van der Waals surface area contributed by atoms with E-state index in [0.29, 0.717) is 12.1 Å². The number of rotatable bonds is 5. The molecule has 0 bridgehead atoms. The molecule has 0 amide bonds. The van der Waals surface area contributed by atoms with Gasteiger partial charge in [0.2, 0.25) is 0 Å². The maximum Gasteiger partial charge on any atom is 0.0728 e. The van der Waals surface area contributed by atoms with Crippen LogP contribution in [0.1, 0.15) is 31.1 Å². The van der Waals surface area contributed by atoms with Crippen LogP contribution < -0.4 is 5.32 Å². The molecule has 2 rings (SSSR count). The van der Waals surface area contributed by atoms with Crippen molar-refractivity contribution in [2.24, 2.45) is 0 Å². The average Bonchev–Trinajstić information content (AvgIpc) is 2.91. The van der Waals surface area contributed by atoms with Crippen molar-refractivity contribution in [3.63, 3.8) is 0 Å². The number of hydrogen-bond donors (Lipinski definition) is 1. The first-order valence-corrected chi connectivity index (χ1v) is 7.54. The van der Waals surface area contributed by atoms with Crippen molar-refractivity contribution in [2.75, 3.05) is 6.61 Å². The lowest BCUT2D eigenvalue weighted by Gasteiger charge is -2.22. The van der Waals surface area contributed by atoms with E-state index in [1.54, 1.807) is 11.3 Å². The summed E-state index contributed by atoms with van der Waals surface area (Å²) in [6.45, 7) is 4.12. The third-order valence-corrected chi connectivity index (χ3v) is 4.71. The molecule has 1 aromatic rings. The molecule has 2 heterocycles. The first-order valence-electron chi connectivity index (χ1n) is 5.87. The Labute approximate surface area is 110 Å². The molecule has 4 heteroatoms. The Hall–Kier alpha value is 0.1000. The van der Waals surface area contributed by atoms with Crippen molar-refractivity contribution < 1.29 is 4.74 Å². The van der Waals surface area contributed by atoms with Gasteiger partial charge in [-0.05, 0) is 41.3 Å². The molecular weight excluding hydrogens is 286 g/mol. The van der Waals surface area contributed by atoms with Crippen LogP contribution in [0.25, 0.3) is 0 Å². The number of halogens is 1. The van der Waals surface area contributed by atoms with E-state index in [2.05, 4.69) is 39.6 Å². The van der Waals surface area contributed by atoms with Crippen LogP contribution in [0.15, 0.2) is 15.9 Å². The van der Waals surface area contributed by atoms with E-state index in [9.17, 15) is 0 Å². The topological polar surface area (TPSA) is 21.3 Å². The van der Waals surface area contributed by atoms with Gasteiger partial charge in [-0.2, -0.15) is 0 Å². The summed E-state index contributed by atoms with van der Waals surface area (Å²) < 4.78 is 6.91. The van der Waals surface area contributed by atoms with Gasteiger partial charge in [0, 0.05) is 33.9 Å². The van der Waals surface area contributed by atoms with Crippen LogP contribution in [0.3, 0.4) is 0 Å². The Kier molecular flexibility index (Phi) is 4.82. The number of thiophene rings is 1. The van der Waals surface area contributed by atoms with Gasteiger partial charge < -0.3 is 10.1 Å². The lowest BCUT2D eigenvalue weighted by molar-refractivity contribution is 0.0765. The van der Waals surface area contributed by atoms with Gasteiger partial charge in [-0.25, -0.2) is 0 Å². The number of ether oxygens (including phenoxy) is 1. The summed E-state index contributed by atoms with van der Waals surface area (Å²) in [5.74, 6) is 0. The van der Waals surface area contributed by atoms with Crippen molar-refractivity contribution in [1.82, 2.24) is 5.32 Å². The Balaban J connectivity index is 1.82. The molecule has 90 valence electrons. The Bertz CT molecular complexity index is 323. The van der Waals surface area contributed by atoms with Crippen LogP contribution >= 0.6 is 27.3 Å². The van der Waals surface area contributed by atoms with E-state index in [-0.39, 0.29) is 0 Å². The average molecular weight is 304 g/mol. The maximum atomic E-state index is 5.73. The predicted octanol–water partition coefficient (Wildman–Crippen LogP) is 3.56. The zero-order chi connectivity index (χ0) is 11.4. The Morgan fingerprint density at radius 3 is 3.12 bits per heavy atom. The van der Waals surface area contributed by atoms with Crippen molar-refractivity contribution >= 4 is 27.3 Å². The third kappa shape index (κ3) is 3.29. The summed E-state index contributed by atoms with van der Waals surface area (Å²) in [6.07, 6.45) is 3.98. The van der Waals surface area contributed by atoms with Crippen LogP contribution in [0.5, 0.6) is 0 Å². The molecule has 0 spiro atoms. The molecule has 2 unspecified atom stereocenters. The lowest BCUT2D eigenvalue weighted by Crippen LogP contribution is -2.38. The summed E-state index contributed by atoms with van der Waals surface area (Å²) in [4.78, 5) is 1.38. The van der Waals surface area contributed by atoms with E-state index in [1.807, 2.05) is 0 Å². The van der Waals surface area contributed by atoms with Gasteiger partial charge in [0.15, 0.2) is 0 Å². The fourth-order valence-electron chi connectivity index (χ4n) is 2.14. The van der Waals surface area contributed by atoms with Crippen molar-refractivity contribution in [3.8, 4) is 0 Å². The molecule has 1 fully saturated rings. The van der Waals surface area contributed by atoms with Gasteiger partial charge in [0.1, 0.15) is 0 Å². The van der Waals surface area contributed by atoms with Crippen LogP contribution in [0, 0.1) is 0 Å². The monoisotopic (exact) mass is 303 g/mol. The number of hydrogen-bond acceptors (Lipinski definition) is 3. The van der Waals surface area contributed by atoms with Crippen LogP contribution in [-0.4, -0.2) is 18.8 Å². The first kappa shape index (κ1) is 12.6. The Morgan fingerprint density at radius 2 is 2.56 bits per heavy atom. The second-order valence-corrected chi connectivity index (χ2v) is 6.09. The molecule has 0 radical (unpaired) electrons. The molecular formula is C12H18BrNOS. The predicted molar refractivity (Wildman–Crippen MR) is 71.9 cm³/mol. The summed E-state index contributed by atoms with van der Waals surface area (Å²) in [5, 5.41) is 5.73. The summed E-state index contributed by atoms with van der Waals surface area (Å²) in [5.41, 5.74) is 0. The zero-order valence-corrected chi connectivity index (χ0v) is 11.9. The molecule has 1 aliphatic rings. The fraction of sp³-hybridized carbons (Fsp3) is 0.667. The molecule has 16 heavy (non-hydrogen) atoms. The highest BCUT2D eigenvalue weighted by molar-refractivity contribution is 9.10. The fourth-order valence-corrected chi connectivity index (χ4v) is 3.54. The highest BCUT2D eigenvalue weighted by atomic mass is 79.9. The molecule has 0 aromatic carbocycles. The van der Waals surface area contributed by atoms with E-state index < -0.39 is 0 Å². The minimum Gasteiger partial charge on any atom is -0.377 e. The second-order valence-electron chi connectivity index (χ2n) is 4.18. The molecule has 1 saturated heterocycles. The zero-order valence-electron chi connectivity index (χ0n) is 9.54. The first-order chi connectivity index (χ1) is 7.79. The molecule has 1 aliphatic heterocycles. The van der Waals surface area contributed by atoms with Gasteiger partial charge in [-0.15, -0.1) is 11.3 Å². The SMILES string of the molecule is CCC(NCc1cc(Br)cs1)C1CCCO1. The highest BCUT2D eigenvalue weighted by Crippen LogP contribution is 2.21. The van der Waals surface area contributed by atoms with Gasteiger partial charge in [0.05, 0.1) is 6.10 Å². The van der Waals surface area contributed by atoms with Crippen molar-refractivity contribution in [1.29, 1.82) is 0 Å². The van der Waals surface area contributed by atoms with Gasteiger partial charge >= 0.3 is 0 Å². The minimum absolute atomic E-state index is 0.424. The van der Waals surface area contributed by atoms with E-state index >= 15 is 0 Å². The van der Waals surface area contributed by atoms with E-state index in [0.717, 1.165) is 19.6 Å².